The number of hydrogen-bond donors (Lipinski definition) is 1. The van der Waals surface area contributed by atoms with Crippen LogP contribution >= 0.6 is 0 Å². The van der Waals surface area contributed by atoms with E-state index in [1.807, 2.05) is 6.92 Å². The average molecular weight is 372 g/mol. The SMILES string of the molecule is [3H][C@@H]1CC[C@H](CC)N1C(=O)[C@H](C)NC(=O)[C@H](C)CN(C)C(=O)OC(C)(C)C. The van der Waals surface area contributed by atoms with E-state index in [9.17, 15) is 14.4 Å². The van der Waals surface area contributed by atoms with E-state index < -0.39 is 30.2 Å². The van der Waals surface area contributed by atoms with Crippen LogP contribution in [0.15, 0.2) is 0 Å². The maximum absolute atomic E-state index is 12.7. The molecule has 0 aromatic carbocycles. The third-order valence-electron chi connectivity index (χ3n) is 4.37. The minimum Gasteiger partial charge on any atom is -0.444 e. The van der Waals surface area contributed by atoms with Crippen molar-refractivity contribution in [1.29, 1.82) is 0 Å². The van der Waals surface area contributed by atoms with Gasteiger partial charge in [0.1, 0.15) is 11.6 Å². The fourth-order valence-corrected chi connectivity index (χ4v) is 2.91. The summed E-state index contributed by atoms with van der Waals surface area (Å²) in [7, 11) is 1.58. The topological polar surface area (TPSA) is 79.0 Å². The maximum Gasteiger partial charge on any atom is 0.410 e. The number of carbonyl (C=O) groups is 3. The molecule has 0 bridgehead atoms. The summed E-state index contributed by atoms with van der Waals surface area (Å²) in [4.78, 5) is 40.1. The standard InChI is InChI=1S/C19H35N3O4/c1-8-15-10-9-11-22(15)17(24)14(3)20-16(23)13(2)12-21(7)18(25)26-19(4,5)6/h13-15H,8-12H2,1-7H3,(H,20,23)/t13-,14+,15+/m1/s1/i11T/t11-,13-,14+,15+. The van der Waals surface area contributed by atoms with Crippen LogP contribution in [-0.4, -0.2) is 65.5 Å². The third kappa shape index (κ3) is 6.50. The summed E-state index contributed by atoms with van der Waals surface area (Å²) in [6.45, 7) is 10.3. The van der Waals surface area contributed by atoms with Crippen LogP contribution in [0.5, 0.6) is 0 Å². The normalized spacial score (nSPS) is 23.0. The number of nitrogens with one attached hydrogen (secondary N) is 1. The quantitative estimate of drug-likeness (QED) is 0.777. The molecular weight excluding hydrogens is 334 g/mol. The molecule has 0 aliphatic carbocycles. The Bertz CT molecular complexity index is 550. The van der Waals surface area contributed by atoms with Crippen LogP contribution in [0.3, 0.4) is 0 Å². The van der Waals surface area contributed by atoms with E-state index in [2.05, 4.69) is 5.32 Å². The van der Waals surface area contributed by atoms with Crippen molar-refractivity contribution in [3.05, 3.63) is 0 Å². The van der Waals surface area contributed by atoms with Crippen LogP contribution in [0.25, 0.3) is 0 Å². The van der Waals surface area contributed by atoms with Crippen LogP contribution in [0.2, 0.25) is 0 Å². The molecule has 0 unspecified atom stereocenters. The molecule has 0 radical (unpaired) electrons. The van der Waals surface area contributed by atoms with Gasteiger partial charge >= 0.3 is 6.09 Å². The van der Waals surface area contributed by atoms with Crippen molar-refractivity contribution < 1.29 is 20.5 Å². The molecule has 1 aliphatic heterocycles. The zero-order valence-corrected chi connectivity index (χ0v) is 17.2. The van der Waals surface area contributed by atoms with Crippen molar-refractivity contribution in [2.24, 2.45) is 5.92 Å². The number of hydrogen-bond acceptors (Lipinski definition) is 4. The van der Waals surface area contributed by atoms with Crippen molar-refractivity contribution in [3.63, 3.8) is 0 Å². The highest BCUT2D eigenvalue weighted by atomic mass is 16.6. The molecular formula is C19H35N3O4. The van der Waals surface area contributed by atoms with E-state index in [1.54, 1.807) is 46.6 Å². The Morgan fingerprint density at radius 1 is 1.35 bits per heavy atom. The van der Waals surface area contributed by atoms with Gasteiger partial charge in [0.25, 0.3) is 0 Å². The van der Waals surface area contributed by atoms with Gasteiger partial charge in [0.2, 0.25) is 11.8 Å². The number of amides is 3. The molecule has 0 aromatic heterocycles. The minimum absolute atomic E-state index is 0.0649. The summed E-state index contributed by atoms with van der Waals surface area (Å²) in [6, 6.07) is -0.637. The molecule has 4 atom stereocenters. The Balaban J connectivity index is 2.58. The Labute approximate surface area is 158 Å². The zero-order valence-electron chi connectivity index (χ0n) is 18.2. The van der Waals surface area contributed by atoms with Crippen molar-refractivity contribution in [1.82, 2.24) is 15.1 Å². The zero-order chi connectivity index (χ0) is 20.9. The molecule has 1 N–H and O–H groups in total. The molecule has 0 spiro atoms. The Morgan fingerprint density at radius 2 is 1.96 bits per heavy atom. The summed E-state index contributed by atoms with van der Waals surface area (Å²) in [5.74, 6) is -1.02. The molecule has 1 aliphatic rings. The summed E-state index contributed by atoms with van der Waals surface area (Å²) in [5.41, 5.74) is -0.601. The maximum atomic E-state index is 12.7. The summed E-state index contributed by atoms with van der Waals surface area (Å²) in [6.07, 6.45) is 1.81. The summed E-state index contributed by atoms with van der Waals surface area (Å²) in [5, 5.41) is 2.72. The van der Waals surface area contributed by atoms with Gasteiger partial charge < -0.3 is 19.9 Å². The second kappa shape index (κ2) is 9.24. The first-order valence-corrected chi connectivity index (χ1v) is 9.36. The van der Waals surface area contributed by atoms with E-state index >= 15 is 0 Å². The lowest BCUT2D eigenvalue weighted by Gasteiger charge is -2.29. The van der Waals surface area contributed by atoms with Gasteiger partial charge in [-0.05, 0) is 47.0 Å². The second-order valence-corrected chi connectivity index (χ2v) is 8.06. The monoisotopic (exact) mass is 371 g/mol. The molecule has 1 rings (SSSR count). The van der Waals surface area contributed by atoms with Crippen molar-refractivity contribution >= 4 is 17.9 Å². The van der Waals surface area contributed by atoms with Gasteiger partial charge in [0.05, 0.1) is 5.92 Å². The molecule has 7 heteroatoms. The second-order valence-electron chi connectivity index (χ2n) is 8.06. The van der Waals surface area contributed by atoms with Crippen LogP contribution in [0.4, 0.5) is 4.79 Å². The van der Waals surface area contributed by atoms with Crippen LogP contribution < -0.4 is 5.32 Å². The van der Waals surface area contributed by atoms with E-state index in [0.717, 1.165) is 12.8 Å². The predicted octanol–water partition coefficient (Wildman–Crippen LogP) is 2.40. The Morgan fingerprint density at radius 3 is 2.50 bits per heavy atom. The van der Waals surface area contributed by atoms with E-state index in [-0.39, 0.29) is 24.4 Å². The molecule has 0 saturated carbocycles. The fraction of sp³-hybridized carbons (Fsp3) is 0.842. The minimum atomic E-state index is -0.702. The lowest BCUT2D eigenvalue weighted by atomic mass is 10.1. The van der Waals surface area contributed by atoms with Crippen LogP contribution in [-0.2, 0) is 14.3 Å². The van der Waals surface area contributed by atoms with E-state index in [0.29, 0.717) is 6.42 Å². The largest absolute Gasteiger partial charge is 0.444 e. The molecule has 1 heterocycles. The van der Waals surface area contributed by atoms with Crippen molar-refractivity contribution in [3.8, 4) is 0 Å². The Kier molecular flexibility index (Phi) is 7.29. The van der Waals surface area contributed by atoms with Gasteiger partial charge in [-0.1, -0.05) is 13.8 Å². The first kappa shape index (κ1) is 20.5. The molecule has 26 heavy (non-hydrogen) atoms. The van der Waals surface area contributed by atoms with Gasteiger partial charge in [0.15, 0.2) is 0 Å². The molecule has 150 valence electrons. The van der Waals surface area contributed by atoms with Crippen molar-refractivity contribution in [2.75, 3.05) is 20.1 Å². The summed E-state index contributed by atoms with van der Waals surface area (Å²) < 4.78 is 13.3. The number of carbonyl (C=O) groups excluding carboxylic acids is 3. The number of rotatable bonds is 6. The van der Waals surface area contributed by atoms with Gasteiger partial charge in [-0.25, -0.2) is 4.79 Å². The first-order chi connectivity index (χ1) is 12.4. The van der Waals surface area contributed by atoms with Gasteiger partial charge in [-0.3, -0.25) is 9.59 Å². The highest BCUT2D eigenvalue weighted by molar-refractivity contribution is 5.88. The lowest BCUT2D eigenvalue weighted by Crippen LogP contribution is -2.50. The highest BCUT2D eigenvalue weighted by Gasteiger charge is 2.31. The van der Waals surface area contributed by atoms with Gasteiger partial charge in [0, 0.05) is 27.5 Å². The predicted molar refractivity (Wildman–Crippen MR) is 101 cm³/mol. The Hall–Kier alpha value is -1.79. The lowest BCUT2D eigenvalue weighted by molar-refractivity contribution is -0.137. The molecule has 3 amide bonds. The molecule has 1 fully saturated rings. The van der Waals surface area contributed by atoms with Crippen LogP contribution in [0, 0.1) is 5.92 Å². The number of likely N-dealkylation sites (tertiary alicyclic amines) is 1. The third-order valence-corrected chi connectivity index (χ3v) is 4.37. The molecule has 1 saturated heterocycles. The first-order valence-electron chi connectivity index (χ1n) is 9.94. The average Bonchev–Trinajstić information content (AvgIpc) is 2.92. The molecule has 7 nitrogen and oxygen atoms in total. The fourth-order valence-electron chi connectivity index (χ4n) is 2.91. The van der Waals surface area contributed by atoms with E-state index in [4.69, 9.17) is 6.11 Å². The van der Waals surface area contributed by atoms with Gasteiger partial charge in [-0.2, -0.15) is 0 Å². The molecule has 0 aromatic rings. The van der Waals surface area contributed by atoms with Crippen LogP contribution in [0.1, 0.15) is 62.2 Å². The highest BCUT2D eigenvalue weighted by Crippen LogP contribution is 2.20. The smallest absolute Gasteiger partial charge is 0.410 e. The number of ether oxygens (including phenoxy) is 1. The van der Waals surface area contributed by atoms with Crippen molar-refractivity contribution in [2.45, 2.75) is 78.5 Å². The van der Waals surface area contributed by atoms with Gasteiger partial charge in [-0.15, -0.1) is 0 Å². The number of nitrogens with zero attached hydrogens (tertiary/aromatic N) is 2. The van der Waals surface area contributed by atoms with E-state index in [1.165, 1.54) is 4.90 Å². The summed E-state index contributed by atoms with van der Waals surface area (Å²) >= 11 is 0.